The van der Waals surface area contributed by atoms with Crippen LogP contribution in [0, 0.1) is 10.1 Å². The van der Waals surface area contributed by atoms with Crippen LogP contribution >= 0.6 is 11.6 Å². The van der Waals surface area contributed by atoms with Crippen molar-refractivity contribution in [2.24, 2.45) is 0 Å². The van der Waals surface area contributed by atoms with Gasteiger partial charge in [-0.1, -0.05) is 23.7 Å². The topological polar surface area (TPSA) is 139 Å². The average molecular weight is 432 g/mol. The second kappa shape index (κ2) is 8.21. The molecule has 0 saturated carbocycles. The van der Waals surface area contributed by atoms with Gasteiger partial charge in [0, 0.05) is 6.07 Å². The molecule has 0 unspecified atom stereocenters. The van der Waals surface area contributed by atoms with Crippen LogP contribution in [0.15, 0.2) is 42.0 Å². The third kappa shape index (κ3) is 3.80. The zero-order valence-corrected chi connectivity index (χ0v) is 16.2. The second-order valence-electron chi connectivity index (χ2n) is 5.99. The number of aromatic hydroxyl groups is 1. The van der Waals surface area contributed by atoms with Crippen molar-refractivity contribution in [3.8, 4) is 11.5 Å². The second-order valence-corrected chi connectivity index (χ2v) is 6.39. The molecule has 0 radical (unpaired) electrons. The van der Waals surface area contributed by atoms with Crippen molar-refractivity contribution in [2.45, 2.75) is 6.92 Å². The summed E-state index contributed by atoms with van der Waals surface area (Å²) in [6, 6.07) is 7.27. The minimum absolute atomic E-state index is 0.0370. The van der Waals surface area contributed by atoms with Crippen molar-refractivity contribution in [1.82, 2.24) is 5.32 Å². The Morgan fingerprint density at radius 2 is 1.97 bits per heavy atom. The van der Waals surface area contributed by atoms with Gasteiger partial charge in [0.2, 0.25) is 5.75 Å². The number of carbonyl (C=O) groups excluding carboxylic acids is 3. The maximum Gasteiger partial charge on any atom is 0.335 e. The van der Waals surface area contributed by atoms with Gasteiger partial charge in [-0.2, -0.15) is 0 Å². The van der Waals surface area contributed by atoms with Gasteiger partial charge in [0.05, 0.1) is 22.2 Å². The number of nitrogens with zero attached hydrogens (tertiary/aromatic N) is 2. The Bertz CT molecular complexity index is 1110. The highest BCUT2D eigenvalue weighted by atomic mass is 35.5. The summed E-state index contributed by atoms with van der Waals surface area (Å²) in [5, 5.41) is 23.3. The fourth-order valence-electron chi connectivity index (χ4n) is 2.78. The number of carbonyl (C=O) groups is 3. The Hall–Kier alpha value is -3.92. The molecule has 4 amide bonds. The largest absolute Gasteiger partial charge is 0.500 e. The molecule has 10 nitrogen and oxygen atoms in total. The molecule has 3 rings (SSSR count). The number of rotatable bonds is 5. The van der Waals surface area contributed by atoms with E-state index in [0.29, 0.717) is 4.90 Å². The molecule has 0 atom stereocenters. The van der Waals surface area contributed by atoms with Crippen LogP contribution in [-0.2, 0) is 9.59 Å². The Morgan fingerprint density at radius 3 is 2.60 bits per heavy atom. The number of nitro benzene ring substituents is 1. The summed E-state index contributed by atoms with van der Waals surface area (Å²) in [6.45, 7) is 1.72. The summed E-state index contributed by atoms with van der Waals surface area (Å²) in [7, 11) is 0. The Kier molecular flexibility index (Phi) is 5.70. The van der Waals surface area contributed by atoms with Crippen LogP contribution in [0.1, 0.15) is 12.5 Å². The van der Waals surface area contributed by atoms with Crippen LogP contribution in [0.25, 0.3) is 6.08 Å². The molecular weight excluding hydrogens is 418 g/mol. The number of anilines is 1. The van der Waals surface area contributed by atoms with Gasteiger partial charge in [0.25, 0.3) is 11.8 Å². The molecule has 154 valence electrons. The monoisotopic (exact) mass is 431 g/mol. The van der Waals surface area contributed by atoms with Gasteiger partial charge in [-0.3, -0.25) is 25.0 Å². The molecule has 11 heteroatoms. The number of urea groups is 1. The summed E-state index contributed by atoms with van der Waals surface area (Å²) in [5.74, 6) is -2.83. The van der Waals surface area contributed by atoms with E-state index in [0.717, 1.165) is 12.1 Å². The molecular formula is C19H14ClN3O7. The van der Waals surface area contributed by atoms with E-state index in [9.17, 15) is 29.6 Å². The molecule has 2 N–H and O–H groups in total. The highest BCUT2D eigenvalue weighted by Gasteiger charge is 2.37. The van der Waals surface area contributed by atoms with E-state index in [4.69, 9.17) is 16.3 Å². The number of hydrogen-bond donors (Lipinski definition) is 2. The van der Waals surface area contributed by atoms with Crippen LogP contribution in [0.5, 0.6) is 11.5 Å². The number of phenolic OH excluding ortho intramolecular Hbond substituents is 1. The predicted molar refractivity (Wildman–Crippen MR) is 106 cm³/mol. The first-order chi connectivity index (χ1) is 14.2. The Labute approximate surface area is 174 Å². The van der Waals surface area contributed by atoms with Gasteiger partial charge in [0.1, 0.15) is 5.57 Å². The lowest BCUT2D eigenvalue weighted by atomic mass is 10.1. The number of nitrogens with one attached hydrogen (secondary N) is 1. The van der Waals surface area contributed by atoms with Gasteiger partial charge in [-0.05, 0) is 36.8 Å². The van der Waals surface area contributed by atoms with E-state index in [1.807, 2.05) is 5.32 Å². The summed E-state index contributed by atoms with van der Waals surface area (Å²) in [5.41, 5.74) is -1.03. The van der Waals surface area contributed by atoms with Gasteiger partial charge in [-0.15, -0.1) is 0 Å². The van der Waals surface area contributed by atoms with Crippen LogP contribution < -0.4 is 15.0 Å². The number of nitro groups is 1. The van der Waals surface area contributed by atoms with E-state index in [1.165, 1.54) is 18.2 Å². The van der Waals surface area contributed by atoms with Crippen molar-refractivity contribution in [2.75, 3.05) is 11.5 Å². The van der Waals surface area contributed by atoms with E-state index >= 15 is 0 Å². The van der Waals surface area contributed by atoms with Crippen LogP contribution in [0.4, 0.5) is 16.2 Å². The molecule has 0 spiro atoms. The molecule has 1 fully saturated rings. The number of benzene rings is 2. The number of halogens is 1. The number of amides is 4. The lowest BCUT2D eigenvalue weighted by Gasteiger charge is -2.27. The molecule has 1 aliphatic heterocycles. The minimum Gasteiger partial charge on any atom is -0.500 e. The van der Waals surface area contributed by atoms with Crippen molar-refractivity contribution in [3.05, 3.63) is 62.7 Å². The fourth-order valence-corrected chi connectivity index (χ4v) is 3.00. The summed E-state index contributed by atoms with van der Waals surface area (Å²) in [4.78, 5) is 48.5. The zero-order chi connectivity index (χ0) is 22.0. The van der Waals surface area contributed by atoms with E-state index in [1.54, 1.807) is 19.1 Å². The number of para-hydroxylation sites is 1. The van der Waals surface area contributed by atoms with E-state index < -0.39 is 39.8 Å². The molecule has 1 heterocycles. The smallest absolute Gasteiger partial charge is 0.335 e. The third-order valence-corrected chi connectivity index (χ3v) is 4.40. The van der Waals surface area contributed by atoms with Crippen molar-refractivity contribution < 1.29 is 29.2 Å². The number of hydrogen-bond acceptors (Lipinski definition) is 7. The molecule has 0 aromatic heterocycles. The third-order valence-electron chi connectivity index (χ3n) is 4.08. The summed E-state index contributed by atoms with van der Waals surface area (Å²) < 4.78 is 5.18. The summed E-state index contributed by atoms with van der Waals surface area (Å²) in [6.07, 6.45) is 1.06. The number of ether oxygens (including phenoxy) is 1. The maximum atomic E-state index is 12.9. The average Bonchev–Trinajstić information content (AvgIpc) is 2.68. The predicted octanol–water partition coefficient (Wildman–Crippen LogP) is 3.02. The fraction of sp³-hybridized carbons (Fsp3) is 0.105. The van der Waals surface area contributed by atoms with Gasteiger partial charge in [-0.25, -0.2) is 9.69 Å². The minimum atomic E-state index is -0.984. The van der Waals surface area contributed by atoms with E-state index in [2.05, 4.69) is 0 Å². The van der Waals surface area contributed by atoms with Gasteiger partial charge >= 0.3 is 11.7 Å². The lowest BCUT2D eigenvalue weighted by molar-refractivity contribution is -0.386. The van der Waals surface area contributed by atoms with Gasteiger partial charge in [0.15, 0.2) is 5.75 Å². The molecule has 0 aliphatic carbocycles. The molecule has 1 aliphatic rings. The Morgan fingerprint density at radius 1 is 1.27 bits per heavy atom. The standard InChI is InChI=1S/C19H14ClN3O7/c1-2-30-15-9-10(8-14(16(15)24)23(28)29)7-11-17(25)21-19(27)22(18(11)26)13-6-4-3-5-12(13)20/h3-9,24H,2H2,1H3,(H,21,25,27)/b11-7+. The number of phenols is 1. The Balaban J connectivity index is 2.11. The van der Waals surface area contributed by atoms with Gasteiger partial charge < -0.3 is 9.84 Å². The van der Waals surface area contributed by atoms with Crippen molar-refractivity contribution in [3.63, 3.8) is 0 Å². The SMILES string of the molecule is CCOc1cc(/C=C2\C(=O)NC(=O)N(c3ccccc3Cl)C2=O)cc([N+](=O)[O-])c1O. The molecule has 2 aromatic carbocycles. The van der Waals surface area contributed by atoms with Crippen LogP contribution in [0.3, 0.4) is 0 Å². The van der Waals surface area contributed by atoms with Crippen LogP contribution in [0.2, 0.25) is 5.02 Å². The molecule has 2 aromatic rings. The van der Waals surface area contributed by atoms with E-state index in [-0.39, 0.29) is 28.6 Å². The lowest BCUT2D eigenvalue weighted by Crippen LogP contribution is -2.54. The molecule has 0 bridgehead atoms. The summed E-state index contributed by atoms with van der Waals surface area (Å²) >= 11 is 6.06. The first-order valence-electron chi connectivity index (χ1n) is 8.54. The van der Waals surface area contributed by atoms with Crippen molar-refractivity contribution >= 4 is 46.9 Å². The first kappa shape index (κ1) is 20.8. The first-order valence-corrected chi connectivity index (χ1v) is 8.92. The maximum absolute atomic E-state index is 12.9. The molecule has 1 saturated heterocycles. The quantitative estimate of drug-likeness (QED) is 0.321. The number of imide groups is 2. The normalized spacial score (nSPS) is 15.3. The highest BCUT2D eigenvalue weighted by Crippen LogP contribution is 2.38. The van der Waals surface area contributed by atoms with Crippen LogP contribution in [-0.4, -0.2) is 34.5 Å². The van der Waals surface area contributed by atoms with Crippen molar-refractivity contribution in [1.29, 1.82) is 0 Å². The highest BCUT2D eigenvalue weighted by molar-refractivity contribution is 6.42. The number of barbiturate groups is 1. The molecule has 30 heavy (non-hydrogen) atoms. The zero-order valence-electron chi connectivity index (χ0n) is 15.4.